The van der Waals surface area contributed by atoms with E-state index in [1.807, 2.05) is 24.3 Å². The number of hydrogen-bond acceptors (Lipinski definition) is 2. The number of benzene rings is 1. The van der Waals surface area contributed by atoms with Crippen LogP contribution in [0.1, 0.15) is 52.0 Å². The number of amides is 1. The number of hydrogen-bond donors (Lipinski definition) is 2. The van der Waals surface area contributed by atoms with Gasteiger partial charge < -0.3 is 10.4 Å². The maximum absolute atomic E-state index is 12.8. The number of carbonyl (C=O) groups is 1. The molecule has 3 nitrogen and oxygen atoms in total. The van der Waals surface area contributed by atoms with Crippen molar-refractivity contribution in [2.24, 2.45) is 17.3 Å². The van der Waals surface area contributed by atoms with Crippen LogP contribution in [0.5, 0.6) is 0 Å². The highest BCUT2D eigenvalue weighted by Crippen LogP contribution is 2.45. The van der Waals surface area contributed by atoms with Gasteiger partial charge in [-0.05, 0) is 55.2 Å². The van der Waals surface area contributed by atoms with Crippen LogP contribution in [0.15, 0.2) is 24.3 Å². The zero-order chi connectivity index (χ0) is 15.5. The maximum atomic E-state index is 12.8. The lowest BCUT2D eigenvalue weighted by atomic mass is 9.64. The van der Waals surface area contributed by atoms with Gasteiger partial charge in [0.25, 0.3) is 0 Å². The van der Waals surface area contributed by atoms with Gasteiger partial charge in [0.05, 0.1) is 12.0 Å². The van der Waals surface area contributed by atoms with E-state index in [0.29, 0.717) is 5.92 Å². The summed E-state index contributed by atoms with van der Waals surface area (Å²) in [6.07, 6.45) is 4.23. The minimum absolute atomic E-state index is 0.0298. The summed E-state index contributed by atoms with van der Waals surface area (Å²) < 4.78 is 0. The highest BCUT2D eigenvalue weighted by atomic mass is 16.3. The van der Waals surface area contributed by atoms with Gasteiger partial charge in [0.1, 0.15) is 0 Å². The summed E-state index contributed by atoms with van der Waals surface area (Å²) in [6.45, 7) is 6.62. The van der Waals surface area contributed by atoms with Crippen molar-refractivity contribution < 1.29 is 9.90 Å². The second-order valence-electron chi connectivity index (χ2n) is 6.80. The van der Waals surface area contributed by atoms with Gasteiger partial charge in [-0.2, -0.15) is 0 Å². The van der Waals surface area contributed by atoms with Crippen LogP contribution in [-0.4, -0.2) is 11.0 Å². The van der Waals surface area contributed by atoms with Gasteiger partial charge in [0.15, 0.2) is 0 Å². The van der Waals surface area contributed by atoms with E-state index >= 15 is 0 Å². The van der Waals surface area contributed by atoms with E-state index in [9.17, 15) is 4.79 Å². The number of aliphatic hydroxyl groups excluding tert-OH is 1. The lowest BCUT2D eigenvalue weighted by molar-refractivity contribution is -0.130. The first-order valence-electron chi connectivity index (χ1n) is 7.99. The molecule has 0 heterocycles. The molecule has 1 aliphatic rings. The Morgan fingerprint density at radius 1 is 1.29 bits per heavy atom. The van der Waals surface area contributed by atoms with Crippen LogP contribution in [0.3, 0.4) is 0 Å². The second-order valence-corrected chi connectivity index (χ2v) is 6.80. The Kier molecular flexibility index (Phi) is 5.04. The van der Waals surface area contributed by atoms with Gasteiger partial charge in [-0.25, -0.2) is 0 Å². The second kappa shape index (κ2) is 6.61. The molecule has 0 bridgehead atoms. The molecule has 0 unspecified atom stereocenters. The Morgan fingerprint density at radius 2 is 1.86 bits per heavy atom. The van der Waals surface area contributed by atoms with E-state index in [0.717, 1.165) is 42.9 Å². The summed E-state index contributed by atoms with van der Waals surface area (Å²) in [7, 11) is 0. The molecule has 1 aromatic carbocycles. The van der Waals surface area contributed by atoms with Gasteiger partial charge in [0, 0.05) is 5.69 Å². The van der Waals surface area contributed by atoms with Crippen molar-refractivity contribution in [3.05, 3.63) is 29.8 Å². The first-order chi connectivity index (χ1) is 9.98. The first kappa shape index (κ1) is 16.0. The standard InChI is InChI=1S/C18H27NO2/c1-13(2)18(10-8-14(3)9-11-18)17(21)19-16-6-4-15(12-20)5-7-16/h4-7,13-14,20H,8-12H2,1-3H3,(H,19,21). The smallest absolute Gasteiger partial charge is 0.230 e. The first-order valence-corrected chi connectivity index (χ1v) is 7.99. The zero-order valence-electron chi connectivity index (χ0n) is 13.4. The number of carbonyl (C=O) groups excluding carboxylic acids is 1. The van der Waals surface area contributed by atoms with Crippen LogP contribution in [0.4, 0.5) is 5.69 Å². The third-order valence-corrected chi connectivity index (χ3v) is 5.12. The van der Waals surface area contributed by atoms with Gasteiger partial charge in [-0.3, -0.25) is 4.79 Å². The number of anilines is 1. The van der Waals surface area contributed by atoms with Crippen LogP contribution < -0.4 is 5.32 Å². The van der Waals surface area contributed by atoms with Gasteiger partial charge in [-0.1, -0.05) is 32.9 Å². The lowest BCUT2D eigenvalue weighted by Gasteiger charge is -2.41. The minimum atomic E-state index is -0.234. The quantitative estimate of drug-likeness (QED) is 0.881. The molecule has 1 aliphatic carbocycles. The molecule has 0 aromatic heterocycles. The Balaban J connectivity index is 2.11. The van der Waals surface area contributed by atoms with Crippen LogP contribution in [-0.2, 0) is 11.4 Å². The van der Waals surface area contributed by atoms with Gasteiger partial charge in [-0.15, -0.1) is 0 Å². The van der Waals surface area contributed by atoms with E-state index < -0.39 is 0 Å². The van der Waals surface area contributed by atoms with Crippen molar-refractivity contribution in [2.75, 3.05) is 5.32 Å². The molecule has 0 radical (unpaired) electrons. The van der Waals surface area contributed by atoms with Crippen LogP contribution in [0.25, 0.3) is 0 Å². The average molecular weight is 289 g/mol. The summed E-state index contributed by atoms with van der Waals surface area (Å²) >= 11 is 0. The normalized spacial score (nSPS) is 25.9. The molecule has 116 valence electrons. The largest absolute Gasteiger partial charge is 0.392 e. The SMILES string of the molecule is CC1CCC(C(=O)Nc2ccc(CO)cc2)(C(C)C)CC1. The lowest BCUT2D eigenvalue weighted by Crippen LogP contribution is -2.43. The molecule has 3 heteroatoms. The predicted octanol–water partition coefficient (Wildman–Crippen LogP) is 3.97. The molecule has 2 N–H and O–H groups in total. The molecular weight excluding hydrogens is 262 g/mol. The Labute approximate surface area is 127 Å². The minimum Gasteiger partial charge on any atom is -0.392 e. The van der Waals surface area contributed by atoms with Crippen molar-refractivity contribution in [2.45, 2.75) is 53.1 Å². The molecule has 0 aliphatic heterocycles. The highest BCUT2D eigenvalue weighted by Gasteiger charge is 2.43. The van der Waals surface area contributed by atoms with Crippen molar-refractivity contribution in [3.8, 4) is 0 Å². The monoisotopic (exact) mass is 289 g/mol. The van der Waals surface area contributed by atoms with E-state index in [4.69, 9.17) is 5.11 Å². The van der Waals surface area contributed by atoms with Crippen molar-refractivity contribution >= 4 is 11.6 Å². The molecule has 0 spiro atoms. The molecule has 1 aromatic rings. The zero-order valence-corrected chi connectivity index (χ0v) is 13.4. The van der Waals surface area contributed by atoms with Crippen molar-refractivity contribution in [3.63, 3.8) is 0 Å². The number of nitrogens with one attached hydrogen (secondary N) is 1. The predicted molar refractivity (Wildman–Crippen MR) is 85.9 cm³/mol. The van der Waals surface area contributed by atoms with Crippen LogP contribution in [0.2, 0.25) is 0 Å². The molecule has 21 heavy (non-hydrogen) atoms. The van der Waals surface area contributed by atoms with Crippen LogP contribution in [0, 0.1) is 17.3 Å². The van der Waals surface area contributed by atoms with Gasteiger partial charge >= 0.3 is 0 Å². The summed E-state index contributed by atoms with van der Waals surface area (Å²) in [4.78, 5) is 12.8. The maximum Gasteiger partial charge on any atom is 0.230 e. The fraction of sp³-hybridized carbons (Fsp3) is 0.611. The summed E-state index contributed by atoms with van der Waals surface area (Å²) in [5, 5.41) is 12.1. The third-order valence-electron chi connectivity index (χ3n) is 5.12. The van der Waals surface area contributed by atoms with Gasteiger partial charge in [0.2, 0.25) is 5.91 Å². The Hall–Kier alpha value is -1.35. The number of rotatable bonds is 4. The Bertz CT molecular complexity index is 470. The average Bonchev–Trinajstić information content (AvgIpc) is 2.48. The van der Waals surface area contributed by atoms with Crippen LogP contribution >= 0.6 is 0 Å². The summed E-state index contributed by atoms with van der Waals surface area (Å²) in [6, 6.07) is 7.42. The number of aliphatic hydroxyl groups is 1. The molecular formula is C18H27NO2. The fourth-order valence-corrected chi connectivity index (χ4v) is 3.29. The molecule has 2 rings (SSSR count). The molecule has 1 fully saturated rings. The van der Waals surface area contributed by atoms with E-state index in [1.54, 1.807) is 0 Å². The van der Waals surface area contributed by atoms with Crippen molar-refractivity contribution in [1.29, 1.82) is 0 Å². The van der Waals surface area contributed by atoms with Crippen molar-refractivity contribution in [1.82, 2.24) is 0 Å². The Morgan fingerprint density at radius 3 is 2.33 bits per heavy atom. The van der Waals surface area contributed by atoms with E-state index in [2.05, 4.69) is 26.1 Å². The highest BCUT2D eigenvalue weighted by molar-refractivity contribution is 5.95. The summed E-state index contributed by atoms with van der Waals surface area (Å²) in [5.41, 5.74) is 1.44. The van der Waals surface area contributed by atoms with E-state index in [-0.39, 0.29) is 17.9 Å². The topological polar surface area (TPSA) is 49.3 Å². The summed E-state index contributed by atoms with van der Waals surface area (Å²) in [5.74, 6) is 1.23. The van der Waals surface area contributed by atoms with E-state index in [1.165, 1.54) is 0 Å². The molecule has 1 amide bonds. The third kappa shape index (κ3) is 3.46. The molecule has 0 saturated heterocycles. The fourth-order valence-electron chi connectivity index (χ4n) is 3.29. The molecule has 0 atom stereocenters. The molecule has 1 saturated carbocycles.